The largest absolute Gasteiger partial charge is 0.756 e. The average molecular weight is 1060 g/mol. The van der Waals surface area contributed by atoms with Crippen molar-refractivity contribution >= 4 is 19.8 Å². The highest BCUT2D eigenvalue weighted by Crippen LogP contribution is 2.38. The maximum absolute atomic E-state index is 12.8. The number of hydrogen-bond acceptors (Lipinski definition) is 8. The molecule has 0 spiro atoms. The Morgan fingerprint density at radius 2 is 0.770 bits per heavy atom. The third kappa shape index (κ3) is 59.0. The molecule has 0 amide bonds. The zero-order chi connectivity index (χ0) is 54.2. The maximum Gasteiger partial charge on any atom is 0.306 e. The zero-order valence-corrected chi connectivity index (χ0v) is 49.9. The van der Waals surface area contributed by atoms with E-state index in [2.05, 4.69) is 74.6 Å². The summed E-state index contributed by atoms with van der Waals surface area (Å²) in [6.45, 7) is 4.14. The Kier molecular flexibility index (Phi) is 53.7. The van der Waals surface area contributed by atoms with E-state index in [0.29, 0.717) is 17.4 Å². The first-order valence-corrected chi connectivity index (χ1v) is 32.5. The predicted octanol–water partition coefficient (Wildman–Crippen LogP) is 18.9. The molecule has 0 aliphatic rings. The summed E-state index contributed by atoms with van der Waals surface area (Å²) in [5, 5.41) is 0. The molecular formula is C64H118NO8P. The molecule has 0 N–H and O–H groups in total. The number of rotatable bonds is 57. The van der Waals surface area contributed by atoms with Crippen LogP contribution in [0.15, 0.2) is 60.8 Å². The summed E-state index contributed by atoms with van der Waals surface area (Å²) in [5.74, 6) is -0.832. The van der Waals surface area contributed by atoms with E-state index in [0.717, 1.165) is 83.5 Å². The molecule has 10 heteroatoms. The topological polar surface area (TPSA) is 111 Å². The molecule has 0 radical (unpaired) electrons. The van der Waals surface area contributed by atoms with Gasteiger partial charge in [0.2, 0.25) is 0 Å². The van der Waals surface area contributed by atoms with Crippen LogP contribution in [0, 0.1) is 0 Å². The summed E-state index contributed by atoms with van der Waals surface area (Å²) in [7, 11) is 1.17. The van der Waals surface area contributed by atoms with Crippen LogP contribution in [0.5, 0.6) is 0 Å². The number of carbonyl (C=O) groups excluding carboxylic acids is 2. The van der Waals surface area contributed by atoms with Gasteiger partial charge in [-0.05, 0) is 77.0 Å². The number of esters is 2. The molecule has 0 aromatic carbocycles. The van der Waals surface area contributed by atoms with Gasteiger partial charge in [-0.25, -0.2) is 0 Å². The van der Waals surface area contributed by atoms with Gasteiger partial charge in [0, 0.05) is 12.8 Å². The molecule has 74 heavy (non-hydrogen) atoms. The lowest BCUT2D eigenvalue weighted by Crippen LogP contribution is -2.37. The molecule has 0 aliphatic carbocycles. The third-order valence-corrected chi connectivity index (χ3v) is 14.5. The Labute approximate surface area is 457 Å². The summed E-state index contributed by atoms with van der Waals surface area (Å²) in [6.07, 6.45) is 71.5. The first kappa shape index (κ1) is 71.7. The molecule has 2 unspecified atom stereocenters. The van der Waals surface area contributed by atoms with Crippen molar-refractivity contribution in [3.63, 3.8) is 0 Å². The van der Waals surface area contributed by atoms with E-state index in [1.54, 1.807) is 0 Å². The minimum Gasteiger partial charge on any atom is -0.756 e. The molecule has 0 saturated carbocycles. The SMILES string of the molecule is CC/C=C\C/C=C\C/C=C\C/C=C\CCCCCCCCCCCCCCCCCCCCCCCCC(=O)OC(COC(=O)CCCCCCC/C=C\CCCCCCCC)COP(=O)([O-])OCC[N+](C)(C)C. The van der Waals surface area contributed by atoms with Gasteiger partial charge in [0.05, 0.1) is 27.7 Å². The van der Waals surface area contributed by atoms with E-state index >= 15 is 0 Å². The van der Waals surface area contributed by atoms with Crippen molar-refractivity contribution in [2.24, 2.45) is 0 Å². The molecule has 0 aromatic rings. The van der Waals surface area contributed by atoms with Crippen LogP contribution in [0.4, 0.5) is 0 Å². The second-order valence-electron chi connectivity index (χ2n) is 22.0. The molecule has 0 heterocycles. The summed E-state index contributed by atoms with van der Waals surface area (Å²) in [4.78, 5) is 37.8. The van der Waals surface area contributed by atoms with Gasteiger partial charge in [-0.1, -0.05) is 254 Å². The summed E-state index contributed by atoms with van der Waals surface area (Å²) >= 11 is 0. The van der Waals surface area contributed by atoms with Crippen molar-refractivity contribution in [2.75, 3.05) is 47.5 Å². The molecule has 2 atom stereocenters. The van der Waals surface area contributed by atoms with Crippen LogP contribution in [0.3, 0.4) is 0 Å². The van der Waals surface area contributed by atoms with Crippen LogP contribution in [-0.4, -0.2) is 70.0 Å². The highest BCUT2D eigenvalue weighted by atomic mass is 31.2. The first-order valence-electron chi connectivity index (χ1n) is 31.0. The van der Waals surface area contributed by atoms with Crippen LogP contribution >= 0.6 is 7.82 Å². The number of phosphoric acid groups is 1. The smallest absolute Gasteiger partial charge is 0.306 e. The van der Waals surface area contributed by atoms with Gasteiger partial charge in [0.15, 0.2) is 6.10 Å². The van der Waals surface area contributed by atoms with E-state index in [-0.39, 0.29) is 32.0 Å². The van der Waals surface area contributed by atoms with Crippen molar-refractivity contribution in [1.29, 1.82) is 0 Å². The zero-order valence-electron chi connectivity index (χ0n) is 49.0. The van der Waals surface area contributed by atoms with Crippen molar-refractivity contribution in [3.8, 4) is 0 Å². The lowest BCUT2D eigenvalue weighted by atomic mass is 10.0. The number of ether oxygens (including phenoxy) is 2. The number of carbonyl (C=O) groups is 2. The molecule has 0 saturated heterocycles. The molecule has 0 rings (SSSR count). The van der Waals surface area contributed by atoms with Crippen LogP contribution in [0.2, 0.25) is 0 Å². The second-order valence-corrected chi connectivity index (χ2v) is 23.4. The number of hydrogen-bond donors (Lipinski definition) is 0. The summed E-state index contributed by atoms with van der Waals surface area (Å²) < 4.78 is 34.2. The molecule has 0 bridgehead atoms. The second kappa shape index (κ2) is 55.5. The number of phosphoric ester groups is 1. The Morgan fingerprint density at radius 1 is 0.432 bits per heavy atom. The molecular weight excluding hydrogens is 942 g/mol. The summed E-state index contributed by atoms with van der Waals surface area (Å²) in [6, 6.07) is 0. The van der Waals surface area contributed by atoms with Crippen molar-refractivity contribution in [1.82, 2.24) is 0 Å². The van der Waals surface area contributed by atoms with Gasteiger partial charge in [-0.3, -0.25) is 14.2 Å². The van der Waals surface area contributed by atoms with E-state index in [4.69, 9.17) is 18.5 Å². The van der Waals surface area contributed by atoms with Gasteiger partial charge in [-0.2, -0.15) is 0 Å². The van der Waals surface area contributed by atoms with E-state index in [1.165, 1.54) is 167 Å². The minimum absolute atomic E-state index is 0.0312. The third-order valence-electron chi connectivity index (χ3n) is 13.5. The normalized spacial score (nSPS) is 13.6. The number of likely N-dealkylation sites (N-methyl/N-ethyl adjacent to an activating group) is 1. The number of quaternary nitrogens is 1. The highest BCUT2D eigenvalue weighted by Gasteiger charge is 2.22. The van der Waals surface area contributed by atoms with E-state index in [1.807, 2.05) is 21.1 Å². The van der Waals surface area contributed by atoms with E-state index in [9.17, 15) is 19.0 Å². The number of allylic oxidation sites excluding steroid dienone is 10. The van der Waals surface area contributed by atoms with Crippen molar-refractivity contribution in [2.45, 2.75) is 290 Å². The van der Waals surface area contributed by atoms with Crippen LogP contribution in [-0.2, 0) is 32.7 Å². The predicted molar refractivity (Wildman–Crippen MR) is 314 cm³/mol. The summed E-state index contributed by atoms with van der Waals surface area (Å²) in [5.41, 5.74) is 0. The first-order chi connectivity index (χ1) is 36.0. The molecule has 0 aromatic heterocycles. The fraction of sp³-hybridized carbons (Fsp3) is 0.812. The van der Waals surface area contributed by atoms with Crippen molar-refractivity contribution < 1.29 is 42.1 Å². The van der Waals surface area contributed by atoms with Gasteiger partial charge in [-0.15, -0.1) is 0 Å². The minimum atomic E-state index is -4.64. The highest BCUT2D eigenvalue weighted by molar-refractivity contribution is 7.45. The Morgan fingerprint density at radius 3 is 1.16 bits per heavy atom. The van der Waals surface area contributed by atoms with Gasteiger partial charge < -0.3 is 27.9 Å². The molecule has 432 valence electrons. The lowest BCUT2D eigenvalue weighted by Gasteiger charge is -2.28. The Hall–Kier alpha value is -2.29. The van der Waals surface area contributed by atoms with Gasteiger partial charge in [0.1, 0.15) is 19.8 Å². The van der Waals surface area contributed by atoms with Crippen LogP contribution in [0.1, 0.15) is 284 Å². The number of unbranched alkanes of at least 4 members (excludes halogenated alkanes) is 33. The average Bonchev–Trinajstić information content (AvgIpc) is 3.36. The molecule has 0 fully saturated rings. The van der Waals surface area contributed by atoms with Crippen LogP contribution in [0.25, 0.3) is 0 Å². The monoisotopic (exact) mass is 1060 g/mol. The van der Waals surface area contributed by atoms with Gasteiger partial charge in [0.25, 0.3) is 7.82 Å². The Balaban J connectivity index is 3.98. The molecule has 0 aliphatic heterocycles. The van der Waals surface area contributed by atoms with Crippen LogP contribution < -0.4 is 4.89 Å². The van der Waals surface area contributed by atoms with Crippen molar-refractivity contribution in [3.05, 3.63) is 60.8 Å². The fourth-order valence-electron chi connectivity index (χ4n) is 8.76. The lowest BCUT2D eigenvalue weighted by molar-refractivity contribution is -0.870. The Bertz CT molecular complexity index is 1430. The molecule has 9 nitrogen and oxygen atoms in total. The fourth-order valence-corrected chi connectivity index (χ4v) is 9.49. The number of nitrogens with zero attached hydrogens (tertiary/aromatic N) is 1. The van der Waals surface area contributed by atoms with Gasteiger partial charge >= 0.3 is 11.9 Å². The quantitative estimate of drug-likeness (QED) is 0.0195. The van der Waals surface area contributed by atoms with E-state index < -0.39 is 26.5 Å². The maximum atomic E-state index is 12.8. The standard InChI is InChI=1S/C64H118NO8P/c1-6-8-10-12-14-16-18-20-22-23-24-25-26-27-28-29-30-31-32-33-34-35-36-37-38-39-40-41-43-45-47-49-51-53-55-57-64(67)73-62(61-72-74(68,69)71-59-58-65(3,4)5)60-70-63(66)56-54-52-50-48-46-44-42-21-19-17-15-13-11-9-7-2/h8,10,14,16,20-22,24-25,42,62H,6-7,9,11-13,15,17-19,23,26-41,43-61H2,1-5H3/b10-8-,16-14-,22-20-,25-24-,42-21-.